The Labute approximate surface area is 221 Å². The first kappa shape index (κ1) is 24.2. The summed E-state index contributed by atoms with van der Waals surface area (Å²) >= 11 is 1.07. The number of carboxylic acid groups (broad SMARTS) is 1. The Bertz CT molecular complexity index is 1620. The van der Waals surface area contributed by atoms with Crippen LogP contribution in [0.3, 0.4) is 0 Å². The molecular formula is C25H26N8O4S. The summed E-state index contributed by atoms with van der Waals surface area (Å²) in [6.45, 7) is 5.62. The Kier molecular flexibility index (Phi) is 5.94. The van der Waals surface area contributed by atoms with E-state index in [9.17, 15) is 19.5 Å². The van der Waals surface area contributed by atoms with E-state index in [0.717, 1.165) is 24.5 Å². The first-order valence-corrected chi connectivity index (χ1v) is 13.3. The fourth-order valence-electron chi connectivity index (χ4n) is 4.86. The van der Waals surface area contributed by atoms with Crippen molar-refractivity contribution < 1.29 is 14.7 Å². The zero-order valence-electron chi connectivity index (χ0n) is 20.9. The predicted octanol–water partition coefficient (Wildman–Crippen LogP) is 2.80. The molecule has 0 atom stereocenters. The average Bonchev–Trinajstić information content (AvgIpc) is 3.38. The smallest absolute Gasteiger partial charge is 0.341 e. The molecule has 0 unspecified atom stereocenters. The lowest BCUT2D eigenvalue weighted by atomic mass is 9.98. The first-order valence-electron chi connectivity index (χ1n) is 12.5. The van der Waals surface area contributed by atoms with Crippen molar-refractivity contribution in [3.8, 4) is 5.13 Å². The van der Waals surface area contributed by atoms with Gasteiger partial charge >= 0.3 is 5.97 Å². The number of nitrogens with one attached hydrogen (secondary N) is 1. The van der Waals surface area contributed by atoms with Gasteiger partial charge in [0, 0.05) is 55.0 Å². The zero-order chi connectivity index (χ0) is 26.6. The molecule has 12 nitrogen and oxygen atoms in total. The van der Waals surface area contributed by atoms with Crippen LogP contribution in [0.4, 0.5) is 11.6 Å². The van der Waals surface area contributed by atoms with E-state index in [2.05, 4.69) is 26.7 Å². The van der Waals surface area contributed by atoms with Gasteiger partial charge in [0.1, 0.15) is 17.7 Å². The molecule has 1 amide bonds. The summed E-state index contributed by atoms with van der Waals surface area (Å²) < 4.78 is 7.50. The quantitative estimate of drug-likeness (QED) is 0.348. The van der Waals surface area contributed by atoms with Gasteiger partial charge in [0.2, 0.25) is 16.5 Å². The monoisotopic (exact) mass is 534 g/mol. The molecule has 6 rings (SSSR count). The number of aryl methyl sites for hydroxylation is 2. The number of aromatic nitrogens is 6. The molecule has 1 aliphatic heterocycles. The van der Waals surface area contributed by atoms with Gasteiger partial charge in [-0.15, -0.1) is 0 Å². The minimum atomic E-state index is -1.32. The zero-order valence-corrected chi connectivity index (χ0v) is 21.7. The summed E-state index contributed by atoms with van der Waals surface area (Å²) in [4.78, 5) is 48.5. The molecule has 2 fully saturated rings. The number of hydrogen-bond donors (Lipinski definition) is 2. The van der Waals surface area contributed by atoms with E-state index in [1.807, 2.05) is 15.6 Å². The highest BCUT2D eigenvalue weighted by Crippen LogP contribution is 2.41. The number of carbonyl (C=O) groups excluding carboxylic acids is 1. The van der Waals surface area contributed by atoms with Crippen molar-refractivity contribution in [2.45, 2.75) is 45.6 Å². The van der Waals surface area contributed by atoms with E-state index in [0.29, 0.717) is 47.0 Å². The Hall–Kier alpha value is -4.13. The molecule has 0 radical (unpaired) electrons. The van der Waals surface area contributed by atoms with Crippen molar-refractivity contribution >= 4 is 46.1 Å². The number of carboxylic acids is 1. The van der Waals surface area contributed by atoms with Gasteiger partial charge in [-0.25, -0.2) is 14.8 Å². The van der Waals surface area contributed by atoms with Gasteiger partial charge in [-0.2, -0.15) is 9.47 Å². The molecule has 38 heavy (non-hydrogen) atoms. The molecular weight excluding hydrogens is 508 g/mol. The van der Waals surface area contributed by atoms with Gasteiger partial charge in [0.15, 0.2) is 11.5 Å². The topological polar surface area (TPSA) is 148 Å². The van der Waals surface area contributed by atoms with Crippen LogP contribution in [0.1, 0.15) is 53.7 Å². The van der Waals surface area contributed by atoms with Gasteiger partial charge in [0.25, 0.3) is 0 Å². The van der Waals surface area contributed by atoms with Gasteiger partial charge in [-0.3, -0.25) is 18.8 Å². The molecule has 1 saturated heterocycles. The Morgan fingerprint density at radius 3 is 2.68 bits per heavy atom. The van der Waals surface area contributed by atoms with Crippen LogP contribution in [0.5, 0.6) is 0 Å². The second kappa shape index (κ2) is 9.31. The predicted molar refractivity (Wildman–Crippen MR) is 141 cm³/mol. The van der Waals surface area contributed by atoms with Gasteiger partial charge in [0.05, 0.1) is 11.3 Å². The molecule has 0 aromatic carbocycles. The van der Waals surface area contributed by atoms with Crippen molar-refractivity contribution in [2.75, 3.05) is 23.3 Å². The van der Waals surface area contributed by atoms with Crippen LogP contribution in [-0.4, -0.2) is 58.8 Å². The SMILES string of the molecule is CCCn1nc(NC(=O)C2CN(c3cc(C)c4c(=O)c(C(=O)O)cn(-c5ncns5)c4n3)C2)cc1C1CC1. The van der Waals surface area contributed by atoms with E-state index >= 15 is 0 Å². The molecule has 2 N–H and O–H groups in total. The molecule has 1 aliphatic carbocycles. The highest BCUT2D eigenvalue weighted by molar-refractivity contribution is 7.08. The molecule has 196 valence electrons. The Morgan fingerprint density at radius 2 is 2.03 bits per heavy atom. The van der Waals surface area contributed by atoms with Crippen LogP contribution < -0.4 is 15.6 Å². The fourth-order valence-corrected chi connectivity index (χ4v) is 5.37. The van der Waals surface area contributed by atoms with Crippen molar-refractivity contribution in [3.63, 3.8) is 0 Å². The molecule has 4 aromatic rings. The third-order valence-electron chi connectivity index (χ3n) is 7.00. The molecule has 13 heteroatoms. The molecule has 4 aromatic heterocycles. The summed E-state index contributed by atoms with van der Waals surface area (Å²) in [5.41, 5.74) is 1.13. The van der Waals surface area contributed by atoms with Crippen LogP contribution >= 0.6 is 11.5 Å². The summed E-state index contributed by atoms with van der Waals surface area (Å²) in [6, 6.07) is 3.75. The largest absolute Gasteiger partial charge is 0.477 e. The van der Waals surface area contributed by atoms with E-state index in [1.165, 1.54) is 35.6 Å². The van der Waals surface area contributed by atoms with Crippen LogP contribution in [0.15, 0.2) is 29.5 Å². The molecule has 5 heterocycles. The van der Waals surface area contributed by atoms with Crippen molar-refractivity contribution in [2.24, 2.45) is 5.92 Å². The normalized spacial score (nSPS) is 15.6. The van der Waals surface area contributed by atoms with E-state index < -0.39 is 11.4 Å². The number of anilines is 2. The summed E-state index contributed by atoms with van der Waals surface area (Å²) in [6.07, 6.45) is 5.92. The minimum Gasteiger partial charge on any atom is -0.477 e. The maximum Gasteiger partial charge on any atom is 0.341 e. The van der Waals surface area contributed by atoms with E-state index in [-0.39, 0.29) is 22.8 Å². The standard InChI is InChI=1S/C25H26N8O4S/c1-3-6-33-17(14-4-5-14)8-18(30-33)28-23(35)15-9-31(10-15)19-7-13(2)20-21(34)16(24(36)37)11-32(22(20)29-19)25-26-12-27-38-25/h7-8,11-12,14-15H,3-6,9-10H2,1-2H3,(H,36,37)(H,28,30,35). The number of hydrogen-bond acceptors (Lipinski definition) is 9. The summed E-state index contributed by atoms with van der Waals surface area (Å²) in [7, 11) is 0. The second-order valence-electron chi connectivity index (χ2n) is 9.81. The Morgan fingerprint density at radius 1 is 1.24 bits per heavy atom. The highest BCUT2D eigenvalue weighted by Gasteiger charge is 2.35. The van der Waals surface area contributed by atoms with Crippen molar-refractivity contribution in [1.82, 2.24) is 28.7 Å². The number of pyridine rings is 2. The van der Waals surface area contributed by atoms with E-state index in [4.69, 9.17) is 4.98 Å². The van der Waals surface area contributed by atoms with Gasteiger partial charge in [-0.1, -0.05) is 6.92 Å². The third-order valence-corrected chi connectivity index (χ3v) is 7.66. The molecule has 0 bridgehead atoms. The van der Waals surface area contributed by atoms with Gasteiger partial charge in [-0.05, 0) is 37.8 Å². The fraction of sp³-hybridized carbons (Fsp3) is 0.400. The lowest BCUT2D eigenvalue weighted by molar-refractivity contribution is -0.120. The number of amides is 1. The van der Waals surface area contributed by atoms with Crippen molar-refractivity contribution in [1.29, 1.82) is 0 Å². The number of nitrogens with zero attached hydrogens (tertiary/aromatic N) is 7. The second-order valence-corrected chi connectivity index (χ2v) is 10.6. The minimum absolute atomic E-state index is 0.0841. The molecule has 0 spiro atoms. The lowest BCUT2D eigenvalue weighted by Crippen LogP contribution is -2.52. The van der Waals surface area contributed by atoms with Crippen LogP contribution in [0, 0.1) is 12.8 Å². The maximum absolute atomic E-state index is 13.0. The summed E-state index contributed by atoms with van der Waals surface area (Å²) in [5.74, 6) is 0.110. The van der Waals surface area contributed by atoms with Crippen LogP contribution in [-0.2, 0) is 11.3 Å². The molecule has 2 aliphatic rings. The van der Waals surface area contributed by atoms with Crippen LogP contribution in [0.2, 0.25) is 0 Å². The van der Waals surface area contributed by atoms with Crippen molar-refractivity contribution in [3.05, 3.63) is 51.7 Å². The lowest BCUT2D eigenvalue weighted by Gasteiger charge is -2.39. The van der Waals surface area contributed by atoms with E-state index in [1.54, 1.807) is 13.0 Å². The number of rotatable bonds is 8. The number of aromatic carboxylic acids is 1. The number of fused-ring (bicyclic) bond motifs is 1. The number of carbonyl (C=O) groups is 2. The molecule has 1 saturated carbocycles. The average molecular weight is 535 g/mol. The third kappa shape index (κ3) is 4.22. The van der Waals surface area contributed by atoms with Gasteiger partial charge < -0.3 is 15.3 Å². The summed E-state index contributed by atoms with van der Waals surface area (Å²) in [5, 5.41) is 17.8. The highest BCUT2D eigenvalue weighted by atomic mass is 32.1. The maximum atomic E-state index is 13.0. The first-order chi connectivity index (χ1) is 18.3. The van der Waals surface area contributed by atoms with Crippen LogP contribution in [0.25, 0.3) is 16.2 Å². The Balaban J connectivity index is 1.24.